The molecule has 0 amide bonds. The molecule has 0 heterocycles. The van der Waals surface area contributed by atoms with Crippen molar-refractivity contribution in [3.63, 3.8) is 0 Å². The van der Waals surface area contributed by atoms with Crippen molar-refractivity contribution in [3.05, 3.63) is 0 Å². The van der Waals surface area contributed by atoms with E-state index in [-0.39, 0.29) is 24.0 Å². The van der Waals surface area contributed by atoms with Crippen molar-refractivity contribution in [1.82, 2.24) is 15.5 Å². The van der Waals surface area contributed by atoms with Crippen molar-refractivity contribution in [3.8, 4) is 0 Å². The maximum Gasteiger partial charge on any atom is 0.191 e. The largest absolute Gasteiger partial charge is 0.356 e. The maximum atomic E-state index is 4.26. The molecule has 1 atom stereocenters. The number of rotatable bonds is 9. The molecule has 0 fully saturated rings. The first-order valence-corrected chi connectivity index (χ1v) is 7.74. The molecule has 4 nitrogen and oxygen atoms in total. The van der Waals surface area contributed by atoms with Crippen molar-refractivity contribution >= 4 is 29.9 Å². The number of halogens is 1. The van der Waals surface area contributed by atoms with Gasteiger partial charge in [-0.05, 0) is 45.3 Å². The first-order chi connectivity index (χ1) is 9.04. The molecule has 0 aromatic carbocycles. The summed E-state index contributed by atoms with van der Waals surface area (Å²) < 4.78 is 0. The van der Waals surface area contributed by atoms with Crippen LogP contribution in [0.3, 0.4) is 0 Å². The summed E-state index contributed by atoms with van der Waals surface area (Å²) in [6.45, 7) is 15.6. The van der Waals surface area contributed by atoms with Crippen LogP contribution in [-0.4, -0.2) is 50.1 Å². The van der Waals surface area contributed by atoms with Gasteiger partial charge < -0.3 is 15.5 Å². The highest BCUT2D eigenvalue weighted by Crippen LogP contribution is 1.99. The quantitative estimate of drug-likeness (QED) is 0.272. The van der Waals surface area contributed by atoms with Crippen molar-refractivity contribution in [2.45, 2.75) is 53.5 Å². The Morgan fingerprint density at radius 2 is 1.70 bits per heavy atom. The third-order valence-corrected chi connectivity index (χ3v) is 3.68. The smallest absolute Gasteiger partial charge is 0.191 e. The fourth-order valence-corrected chi connectivity index (χ4v) is 1.78. The molecule has 0 aliphatic carbocycles. The molecule has 0 aromatic heterocycles. The van der Waals surface area contributed by atoms with Gasteiger partial charge in [-0.25, -0.2) is 0 Å². The number of nitrogens with zero attached hydrogens (tertiary/aromatic N) is 2. The number of nitrogens with one attached hydrogen (secondary N) is 2. The topological polar surface area (TPSA) is 39.7 Å². The van der Waals surface area contributed by atoms with E-state index >= 15 is 0 Å². The van der Waals surface area contributed by atoms with Crippen LogP contribution in [0.4, 0.5) is 0 Å². The Morgan fingerprint density at radius 3 is 2.15 bits per heavy atom. The van der Waals surface area contributed by atoms with Gasteiger partial charge in [0.25, 0.3) is 0 Å². The van der Waals surface area contributed by atoms with Crippen LogP contribution in [0, 0.1) is 5.92 Å². The Hall–Kier alpha value is -0.0400. The summed E-state index contributed by atoms with van der Waals surface area (Å²) in [6.07, 6.45) is 2.43. The lowest BCUT2D eigenvalue weighted by molar-refractivity contribution is 0.297. The molecule has 1 unspecified atom stereocenters. The summed E-state index contributed by atoms with van der Waals surface area (Å²) in [7, 11) is 1.83. The summed E-state index contributed by atoms with van der Waals surface area (Å²) in [5.41, 5.74) is 0. The highest BCUT2D eigenvalue weighted by molar-refractivity contribution is 14.0. The first kappa shape index (κ1) is 22.2. The monoisotopic (exact) mass is 398 g/mol. The van der Waals surface area contributed by atoms with Gasteiger partial charge in [0, 0.05) is 19.6 Å². The molecule has 0 rings (SSSR count). The van der Waals surface area contributed by atoms with E-state index in [9.17, 15) is 0 Å². The number of hydrogen-bond acceptors (Lipinski definition) is 2. The minimum absolute atomic E-state index is 0. The Bertz CT molecular complexity index is 240. The van der Waals surface area contributed by atoms with Gasteiger partial charge in [-0.2, -0.15) is 0 Å². The lowest BCUT2D eigenvalue weighted by Gasteiger charge is -2.21. The Labute approximate surface area is 143 Å². The maximum absolute atomic E-state index is 4.26. The summed E-state index contributed by atoms with van der Waals surface area (Å²) >= 11 is 0. The van der Waals surface area contributed by atoms with Crippen LogP contribution in [0.2, 0.25) is 0 Å². The molecule has 122 valence electrons. The molecular formula is C15H35IN4. The van der Waals surface area contributed by atoms with Gasteiger partial charge in [-0.1, -0.05) is 27.7 Å². The van der Waals surface area contributed by atoms with Crippen LogP contribution >= 0.6 is 24.0 Å². The summed E-state index contributed by atoms with van der Waals surface area (Å²) in [4.78, 5) is 6.73. The molecule has 0 saturated heterocycles. The van der Waals surface area contributed by atoms with Crippen molar-refractivity contribution in [1.29, 1.82) is 0 Å². The number of aliphatic imine (C=N–C) groups is 1. The predicted octanol–water partition coefficient (Wildman–Crippen LogP) is 2.94. The van der Waals surface area contributed by atoms with Crippen LogP contribution in [0.25, 0.3) is 0 Å². The average Bonchev–Trinajstić information content (AvgIpc) is 2.41. The van der Waals surface area contributed by atoms with E-state index in [2.05, 4.69) is 55.1 Å². The lowest BCUT2D eigenvalue weighted by Crippen LogP contribution is -2.44. The summed E-state index contributed by atoms with van der Waals surface area (Å²) in [5, 5.41) is 6.80. The SMILES string of the molecule is CCN(CC)CCCCNC(=NC)NC(C)C(C)C.I. The summed E-state index contributed by atoms with van der Waals surface area (Å²) in [6, 6.07) is 0.446. The zero-order valence-corrected chi connectivity index (χ0v) is 16.5. The van der Waals surface area contributed by atoms with E-state index < -0.39 is 0 Å². The summed E-state index contributed by atoms with van der Waals surface area (Å²) in [5.74, 6) is 1.53. The van der Waals surface area contributed by atoms with Crippen molar-refractivity contribution in [2.24, 2.45) is 10.9 Å². The molecule has 0 aromatic rings. The number of guanidine groups is 1. The Balaban J connectivity index is 0. The highest BCUT2D eigenvalue weighted by atomic mass is 127. The van der Waals surface area contributed by atoms with Crippen molar-refractivity contribution < 1.29 is 0 Å². The molecule has 5 heteroatoms. The predicted molar refractivity (Wildman–Crippen MR) is 101 cm³/mol. The van der Waals surface area contributed by atoms with Gasteiger partial charge in [-0.3, -0.25) is 4.99 Å². The lowest BCUT2D eigenvalue weighted by atomic mass is 10.1. The first-order valence-electron chi connectivity index (χ1n) is 7.74. The van der Waals surface area contributed by atoms with E-state index in [1.54, 1.807) is 0 Å². The third kappa shape index (κ3) is 10.7. The zero-order chi connectivity index (χ0) is 14.7. The number of unbranched alkanes of at least 4 members (excludes halogenated alkanes) is 1. The van der Waals surface area contributed by atoms with Crippen LogP contribution < -0.4 is 10.6 Å². The minimum atomic E-state index is 0. The van der Waals surface area contributed by atoms with E-state index in [1.807, 2.05) is 7.05 Å². The third-order valence-electron chi connectivity index (χ3n) is 3.68. The highest BCUT2D eigenvalue weighted by Gasteiger charge is 2.08. The number of hydrogen-bond donors (Lipinski definition) is 2. The second kappa shape index (κ2) is 13.9. The molecule has 0 radical (unpaired) electrons. The van der Waals surface area contributed by atoms with Crippen LogP contribution in [0.1, 0.15) is 47.5 Å². The fraction of sp³-hybridized carbons (Fsp3) is 0.933. The molecule has 0 saturated carbocycles. The molecule has 20 heavy (non-hydrogen) atoms. The normalized spacial score (nSPS) is 13.3. The molecule has 0 aliphatic rings. The van der Waals surface area contributed by atoms with Gasteiger partial charge in [-0.15, -0.1) is 24.0 Å². The van der Waals surface area contributed by atoms with Gasteiger partial charge in [0.1, 0.15) is 0 Å². The molecule has 0 aliphatic heterocycles. The van der Waals surface area contributed by atoms with Gasteiger partial charge in [0.2, 0.25) is 0 Å². The minimum Gasteiger partial charge on any atom is -0.356 e. The van der Waals surface area contributed by atoms with E-state index in [0.29, 0.717) is 12.0 Å². The van der Waals surface area contributed by atoms with Gasteiger partial charge in [0.15, 0.2) is 5.96 Å². The Morgan fingerprint density at radius 1 is 1.10 bits per heavy atom. The van der Waals surface area contributed by atoms with Crippen LogP contribution in [-0.2, 0) is 0 Å². The molecule has 0 spiro atoms. The van der Waals surface area contributed by atoms with E-state index in [4.69, 9.17) is 0 Å². The zero-order valence-electron chi connectivity index (χ0n) is 14.2. The molecular weight excluding hydrogens is 363 g/mol. The standard InChI is InChI=1S/C15H34N4.HI/c1-7-19(8-2)12-10-9-11-17-15(16-6)18-14(5)13(3)4;/h13-14H,7-12H2,1-6H3,(H2,16,17,18);1H. The Kier molecular flexibility index (Phi) is 15.5. The van der Waals surface area contributed by atoms with Crippen molar-refractivity contribution in [2.75, 3.05) is 33.2 Å². The molecule has 2 N–H and O–H groups in total. The average molecular weight is 398 g/mol. The van der Waals surface area contributed by atoms with Crippen LogP contribution in [0.15, 0.2) is 4.99 Å². The van der Waals surface area contributed by atoms with Gasteiger partial charge in [0.05, 0.1) is 0 Å². The fourth-order valence-electron chi connectivity index (χ4n) is 1.78. The van der Waals surface area contributed by atoms with Gasteiger partial charge >= 0.3 is 0 Å². The second-order valence-corrected chi connectivity index (χ2v) is 5.41. The van der Waals surface area contributed by atoms with Crippen LogP contribution in [0.5, 0.6) is 0 Å². The van der Waals surface area contributed by atoms with E-state index in [0.717, 1.165) is 25.6 Å². The van der Waals surface area contributed by atoms with E-state index in [1.165, 1.54) is 19.4 Å². The second-order valence-electron chi connectivity index (χ2n) is 5.41. The molecule has 0 bridgehead atoms.